The smallest absolute Gasteiger partial charge is 0.319 e. The van der Waals surface area contributed by atoms with Crippen LogP contribution in [0.25, 0.3) is 0 Å². The van der Waals surface area contributed by atoms with E-state index < -0.39 is 16.6 Å². The van der Waals surface area contributed by atoms with Crippen molar-refractivity contribution in [1.29, 1.82) is 0 Å². The zero-order chi connectivity index (χ0) is 31.4. The number of carbonyl (C=O) groups excluding carboxylic acids is 1. The fraction of sp³-hybridized carbons (Fsp3) is 0.205. The van der Waals surface area contributed by atoms with Gasteiger partial charge in [-0.05, 0) is 43.0 Å². The number of hydrogen-bond donors (Lipinski definition) is 0. The van der Waals surface area contributed by atoms with Gasteiger partial charge in [0.15, 0.2) is 6.29 Å². The molecule has 0 aliphatic carbocycles. The predicted octanol–water partition coefficient (Wildman–Crippen LogP) is 7.38. The van der Waals surface area contributed by atoms with Crippen molar-refractivity contribution in [2.24, 2.45) is 0 Å². The lowest BCUT2D eigenvalue weighted by molar-refractivity contribution is 0.112. The van der Waals surface area contributed by atoms with Gasteiger partial charge >= 0.3 is 16.6 Å². The first-order valence-corrected chi connectivity index (χ1v) is 19.0. The Balaban J connectivity index is 1.72. The summed E-state index contributed by atoms with van der Waals surface area (Å²) in [5.41, 5.74) is 0.507. The molecule has 5 heteroatoms. The molecule has 0 amide bonds. The van der Waals surface area contributed by atoms with E-state index in [-0.39, 0.29) is 10.1 Å². The molecule has 0 atom stereocenters. The van der Waals surface area contributed by atoms with E-state index in [1.54, 1.807) is 0 Å². The quantitative estimate of drug-likeness (QED) is 0.128. The third kappa shape index (κ3) is 5.70. The standard InChI is InChI=1S/C39H42O3Si2/c1-38(2,3)43(33-19-11-7-12-20-33,34-21-13-8-14-22-34)41-32-28-27-31(30-40)37(29-32)42-44(39(4,5)6,35-23-15-9-16-24-35)36-25-17-10-18-26-36/h7-30H,1-6H3. The largest absolute Gasteiger partial charge is 0.534 e. The molecule has 224 valence electrons. The van der Waals surface area contributed by atoms with Gasteiger partial charge in [0.25, 0.3) is 0 Å². The van der Waals surface area contributed by atoms with Gasteiger partial charge in [-0.2, -0.15) is 0 Å². The molecule has 0 aliphatic heterocycles. The highest BCUT2D eigenvalue weighted by Crippen LogP contribution is 2.41. The Kier molecular flexibility index (Phi) is 8.82. The minimum Gasteiger partial charge on any atom is -0.534 e. The van der Waals surface area contributed by atoms with Crippen LogP contribution in [0.4, 0.5) is 0 Å². The van der Waals surface area contributed by atoms with E-state index in [9.17, 15) is 4.79 Å². The summed E-state index contributed by atoms with van der Waals surface area (Å²) in [5.74, 6) is 1.24. The van der Waals surface area contributed by atoms with Crippen LogP contribution in [0.2, 0.25) is 10.1 Å². The summed E-state index contributed by atoms with van der Waals surface area (Å²) in [6, 6.07) is 47.9. The van der Waals surface area contributed by atoms with E-state index in [4.69, 9.17) is 8.85 Å². The summed E-state index contributed by atoms with van der Waals surface area (Å²) in [6.45, 7) is 13.5. The number of benzene rings is 5. The van der Waals surface area contributed by atoms with Crippen molar-refractivity contribution in [3.05, 3.63) is 145 Å². The van der Waals surface area contributed by atoms with Crippen molar-refractivity contribution in [3.63, 3.8) is 0 Å². The van der Waals surface area contributed by atoms with Gasteiger partial charge in [-0.3, -0.25) is 4.79 Å². The van der Waals surface area contributed by atoms with Crippen LogP contribution >= 0.6 is 0 Å². The molecule has 0 unspecified atom stereocenters. The van der Waals surface area contributed by atoms with E-state index >= 15 is 0 Å². The fourth-order valence-electron chi connectivity index (χ4n) is 6.40. The second-order valence-electron chi connectivity index (χ2n) is 13.3. The van der Waals surface area contributed by atoms with Gasteiger partial charge in [0, 0.05) is 6.07 Å². The number of carbonyl (C=O) groups is 1. The summed E-state index contributed by atoms with van der Waals surface area (Å²) in [4.78, 5) is 12.5. The molecule has 3 nitrogen and oxygen atoms in total. The second-order valence-corrected chi connectivity index (χ2v) is 21.8. The Morgan fingerprint density at radius 3 is 1.14 bits per heavy atom. The Morgan fingerprint density at radius 2 is 0.818 bits per heavy atom. The molecule has 5 aromatic carbocycles. The molecular weight excluding hydrogens is 573 g/mol. The lowest BCUT2D eigenvalue weighted by Crippen LogP contribution is -2.69. The SMILES string of the molecule is CC(C)(C)[Si](Oc1ccc(C=O)c(O[Si](c2ccccc2)(c2ccccc2)C(C)(C)C)c1)(c1ccccc1)c1ccccc1. The van der Waals surface area contributed by atoms with Gasteiger partial charge in [-0.25, -0.2) is 0 Å². The minimum atomic E-state index is -2.99. The monoisotopic (exact) mass is 614 g/mol. The Labute approximate surface area is 264 Å². The van der Waals surface area contributed by atoms with E-state index in [1.807, 2.05) is 42.5 Å². The average molecular weight is 615 g/mol. The van der Waals surface area contributed by atoms with Crippen LogP contribution in [0.15, 0.2) is 140 Å². The fourth-order valence-corrected chi connectivity index (χ4v) is 15.3. The number of aldehydes is 1. The van der Waals surface area contributed by atoms with Crippen molar-refractivity contribution in [1.82, 2.24) is 0 Å². The summed E-state index contributed by atoms with van der Waals surface area (Å²) in [5, 5.41) is 4.20. The molecule has 5 rings (SSSR count). The molecule has 0 bridgehead atoms. The highest BCUT2D eigenvalue weighted by atomic mass is 28.4. The molecule has 0 spiro atoms. The van der Waals surface area contributed by atoms with Crippen molar-refractivity contribution < 1.29 is 13.6 Å². The maximum atomic E-state index is 12.5. The van der Waals surface area contributed by atoms with Crippen molar-refractivity contribution in [2.45, 2.75) is 51.6 Å². The molecule has 0 saturated carbocycles. The lowest BCUT2D eigenvalue weighted by Gasteiger charge is -2.44. The topological polar surface area (TPSA) is 35.5 Å². The summed E-state index contributed by atoms with van der Waals surface area (Å²) < 4.78 is 14.7. The van der Waals surface area contributed by atoms with Gasteiger partial charge in [-0.1, -0.05) is 163 Å². The van der Waals surface area contributed by atoms with Crippen molar-refractivity contribution in [2.75, 3.05) is 0 Å². The molecule has 5 aromatic rings. The Morgan fingerprint density at radius 1 is 0.477 bits per heavy atom. The van der Waals surface area contributed by atoms with E-state index in [0.29, 0.717) is 17.1 Å². The summed E-state index contributed by atoms with van der Waals surface area (Å²) in [6.07, 6.45) is 0.889. The van der Waals surface area contributed by atoms with Gasteiger partial charge in [0.05, 0.1) is 5.56 Å². The van der Waals surface area contributed by atoms with Gasteiger partial charge in [0.2, 0.25) is 0 Å². The molecule has 44 heavy (non-hydrogen) atoms. The molecule has 0 N–H and O–H groups in total. The minimum absolute atomic E-state index is 0.210. The van der Waals surface area contributed by atoms with Gasteiger partial charge in [0.1, 0.15) is 11.5 Å². The third-order valence-corrected chi connectivity index (χ3v) is 18.4. The van der Waals surface area contributed by atoms with Crippen LogP contribution < -0.4 is 29.6 Å². The van der Waals surface area contributed by atoms with Crippen molar-refractivity contribution >= 4 is 43.7 Å². The van der Waals surface area contributed by atoms with Crippen LogP contribution in [0.5, 0.6) is 11.5 Å². The molecule has 0 fully saturated rings. The zero-order valence-corrected chi connectivity index (χ0v) is 28.6. The lowest BCUT2D eigenvalue weighted by atomic mass is 10.2. The van der Waals surface area contributed by atoms with E-state index in [2.05, 4.69) is 139 Å². The first-order chi connectivity index (χ1) is 21.0. The van der Waals surface area contributed by atoms with Crippen LogP contribution in [-0.4, -0.2) is 22.9 Å². The van der Waals surface area contributed by atoms with Crippen LogP contribution in [0.3, 0.4) is 0 Å². The number of hydrogen-bond acceptors (Lipinski definition) is 3. The molecule has 0 aromatic heterocycles. The van der Waals surface area contributed by atoms with E-state index in [0.717, 1.165) is 16.7 Å². The van der Waals surface area contributed by atoms with Crippen LogP contribution in [-0.2, 0) is 0 Å². The molecule has 0 aliphatic rings. The van der Waals surface area contributed by atoms with Crippen LogP contribution in [0, 0.1) is 0 Å². The maximum absolute atomic E-state index is 12.5. The molecule has 0 radical (unpaired) electrons. The Hall–Kier alpha value is -4.20. The highest BCUT2D eigenvalue weighted by molar-refractivity contribution is 7.00. The molecular formula is C39H42O3Si2. The van der Waals surface area contributed by atoms with Gasteiger partial charge < -0.3 is 8.85 Å². The first-order valence-electron chi connectivity index (χ1n) is 15.2. The normalized spacial score (nSPS) is 12.4. The molecule has 0 heterocycles. The van der Waals surface area contributed by atoms with Crippen molar-refractivity contribution in [3.8, 4) is 11.5 Å². The van der Waals surface area contributed by atoms with Gasteiger partial charge in [-0.15, -0.1) is 0 Å². The second kappa shape index (κ2) is 12.4. The number of rotatable bonds is 9. The Bertz CT molecular complexity index is 1600. The maximum Gasteiger partial charge on any atom is 0.319 e. The predicted molar refractivity (Wildman–Crippen MR) is 188 cm³/mol. The average Bonchev–Trinajstić information content (AvgIpc) is 3.03. The first kappa shape index (κ1) is 31.2. The highest BCUT2D eigenvalue weighted by Gasteiger charge is 2.54. The summed E-state index contributed by atoms with van der Waals surface area (Å²) in [7, 11) is -5.88. The van der Waals surface area contributed by atoms with E-state index in [1.165, 1.54) is 10.4 Å². The summed E-state index contributed by atoms with van der Waals surface area (Å²) >= 11 is 0. The molecule has 0 saturated heterocycles. The van der Waals surface area contributed by atoms with Crippen LogP contribution in [0.1, 0.15) is 51.9 Å². The third-order valence-electron chi connectivity index (χ3n) is 8.48. The zero-order valence-electron chi connectivity index (χ0n) is 26.6.